The summed E-state index contributed by atoms with van der Waals surface area (Å²) in [4.78, 5) is 1.42. The number of benzene rings is 1. The smallest absolute Gasteiger partial charge is 0.244 e. The predicted octanol–water partition coefficient (Wildman–Crippen LogP) is 0.634. The van der Waals surface area contributed by atoms with Gasteiger partial charge in [-0.3, -0.25) is 0 Å². The average Bonchev–Trinajstić information content (AvgIpc) is 2.95. The van der Waals surface area contributed by atoms with Crippen molar-refractivity contribution in [3.63, 3.8) is 0 Å². The standard InChI is InChI=1S/C15H20ClN5O2S2/c1-2-19-11-17-21(15(19)24)12-18-7-9-20(10-8-18)25(22,23)14-6-4-3-5-13(14)16/h3-6,11H,2,7-10,12H2,1H3/p+1. The molecule has 0 spiro atoms. The number of aryl methyl sites for hydroxylation is 1. The molecule has 0 saturated carbocycles. The molecule has 0 bridgehead atoms. The van der Waals surface area contributed by atoms with Gasteiger partial charge in [-0.2, -0.15) is 14.1 Å². The molecule has 1 N–H and O–H groups in total. The number of halogens is 1. The average molecular weight is 403 g/mol. The van der Waals surface area contributed by atoms with Crippen molar-refractivity contribution in [3.05, 3.63) is 40.4 Å². The van der Waals surface area contributed by atoms with Crippen LogP contribution in [0, 0.1) is 4.77 Å². The van der Waals surface area contributed by atoms with Gasteiger partial charge in [-0.05, 0) is 31.3 Å². The monoisotopic (exact) mass is 402 g/mol. The highest BCUT2D eigenvalue weighted by Crippen LogP contribution is 2.23. The van der Waals surface area contributed by atoms with Gasteiger partial charge < -0.3 is 9.47 Å². The summed E-state index contributed by atoms with van der Waals surface area (Å²) in [6.45, 7) is 5.75. The van der Waals surface area contributed by atoms with Crippen molar-refractivity contribution in [1.82, 2.24) is 18.7 Å². The van der Waals surface area contributed by atoms with E-state index >= 15 is 0 Å². The van der Waals surface area contributed by atoms with E-state index in [-0.39, 0.29) is 9.92 Å². The topological polar surface area (TPSA) is 64.6 Å². The molecule has 10 heteroatoms. The molecular formula is C15H21ClN5O2S2+. The van der Waals surface area contributed by atoms with Crippen LogP contribution in [0.25, 0.3) is 0 Å². The largest absolute Gasteiger partial charge is 0.314 e. The van der Waals surface area contributed by atoms with Gasteiger partial charge in [0.25, 0.3) is 0 Å². The van der Waals surface area contributed by atoms with Crippen LogP contribution in [0.1, 0.15) is 6.92 Å². The number of rotatable bonds is 5. The zero-order valence-electron chi connectivity index (χ0n) is 13.9. The van der Waals surface area contributed by atoms with Gasteiger partial charge in [-0.1, -0.05) is 23.7 Å². The van der Waals surface area contributed by atoms with Crippen molar-refractivity contribution in [2.24, 2.45) is 0 Å². The Labute approximate surface area is 157 Å². The third-order valence-electron chi connectivity index (χ3n) is 4.39. The minimum absolute atomic E-state index is 0.170. The quantitative estimate of drug-likeness (QED) is 0.745. The normalized spacial score (nSPS) is 17.0. The van der Waals surface area contributed by atoms with Crippen LogP contribution in [-0.4, -0.2) is 53.2 Å². The van der Waals surface area contributed by atoms with Crippen LogP contribution in [0.4, 0.5) is 0 Å². The van der Waals surface area contributed by atoms with Gasteiger partial charge in [-0.15, -0.1) is 0 Å². The molecule has 25 heavy (non-hydrogen) atoms. The van der Waals surface area contributed by atoms with E-state index in [0.29, 0.717) is 37.6 Å². The molecule has 1 fully saturated rings. The molecule has 0 unspecified atom stereocenters. The number of quaternary nitrogens is 1. The number of nitrogens with zero attached hydrogens (tertiary/aromatic N) is 4. The van der Waals surface area contributed by atoms with Crippen molar-refractivity contribution < 1.29 is 13.3 Å². The minimum Gasteiger partial charge on any atom is -0.314 e. The Bertz CT molecular complexity index is 901. The van der Waals surface area contributed by atoms with Crippen molar-refractivity contribution in [2.75, 3.05) is 26.2 Å². The zero-order chi connectivity index (χ0) is 18.0. The van der Waals surface area contributed by atoms with E-state index in [4.69, 9.17) is 23.8 Å². The summed E-state index contributed by atoms with van der Waals surface area (Å²) in [6, 6.07) is 6.56. The van der Waals surface area contributed by atoms with Crippen LogP contribution >= 0.6 is 23.8 Å². The van der Waals surface area contributed by atoms with E-state index in [9.17, 15) is 8.42 Å². The fourth-order valence-corrected chi connectivity index (χ4v) is 5.13. The third kappa shape index (κ3) is 3.80. The molecule has 2 aromatic rings. The van der Waals surface area contributed by atoms with Gasteiger partial charge in [0, 0.05) is 6.54 Å². The number of aromatic nitrogens is 3. The van der Waals surface area contributed by atoms with Crippen molar-refractivity contribution >= 4 is 33.8 Å². The molecule has 0 aliphatic carbocycles. The van der Waals surface area contributed by atoms with Crippen LogP contribution in [-0.2, 0) is 23.2 Å². The summed E-state index contributed by atoms with van der Waals surface area (Å²) in [7, 11) is -3.56. The Balaban J connectivity index is 1.66. The Morgan fingerprint density at radius 1 is 1.28 bits per heavy atom. The Morgan fingerprint density at radius 3 is 2.56 bits per heavy atom. The van der Waals surface area contributed by atoms with Gasteiger partial charge in [0.05, 0.1) is 31.2 Å². The first kappa shape index (κ1) is 18.5. The SMILES string of the molecule is CCn1cnn(C[NH+]2CCN(S(=O)(=O)c3ccccc3Cl)CC2)c1=S. The van der Waals surface area contributed by atoms with Gasteiger partial charge in [0.1, 0.15) is 11.2 Å². The van der Waals surface area contributed by atoms with Crippen molar-refractivity contribution in [3.8, 4) is 0 Å². The van der Waals surface area contributed by atoms with Crippen molar-refractivity contribution in [2.45, 2.75) is 25.0 Å². The predicted molar refractivity (Wildman–Crippen MR) is 97.6 cm³/mol. The highest BCUT2D eigenvalue weighted by molar-refractivity contribution is 7.89. The zero-order valence-corrected chi connectivity index (χ0v) is 16.3. The summed E-state index contributed by atoms with van der Waals surface area (Å²) in [5.41, 5.74) is 0. The van der Waals surface area contributed by atoms with Crippen LogP contribution in [0.2, 0.25) is 5.02 Å². The molecule has 136 valence electrons. The fourth-order valence-electron chi connectivity index (χ4n) is 2.90. The number of piperazine rings is 1. The van der Waals surface area contributed by atoms with Crippen LogP contribution in [0.15, 0.2) is 35.5 Å². The highest BCUT2D eigenvalue weighted by Gasteiger charge is 2.31. The second kappa shape index (κ2) is 7.55. The van der Waals surface area contributed by atoms with E-state index in [1.54, 1.807) is 35.3 Å². The Hall–Kier alpha value is -1.26. The Kier molecular flexibility index (Phi) is 5.59. The van der Waals surface area contributed by atoms with E-state index in [1.807, 2.05) is 11.5 Å². The maximum Gasteiger partial charge on any atom is 0.244 e. The molecular weight excluding hydrogens is 382 g/mol. The maximum absolute atomic E-state index is 12.8. The molecule has 1 aliphatic heterocycles. The van der Waals surface area contributed by atoms with Gasteiger partial charge in [-0.25, -0.2) is 8.42 Å². The molecule has 1 aliphatic rings. The summed E-state index contributed by atoms with van der Waals surface area (Å²) in [6.07, 6.45) is 1.74. The van der Waals surface area contributed by atoms with Gasteiger partial charge in [0.15, 0.2) is 6.67 Å². The summed E-state index contributed by atoms with van der Waals surface area (Å²) in [5.74, 6) is 0. The fraction of sp³-hybridized carbons (Fsp3) is 0.467. The third-order valence-corrected chi connectivity index (χ3v) is 7.24. The molecule has 3 rings (SSSR count). The number of nitrogens with one attached hydrogen (secondary N) is 1. The molecule has 1 aromatic carbocycles. The van der Waals surface area contributed by atoms with E-state index in [0.717, 1.165) is 6.54 Å². The number of hydrogen-bond donors (Lipinski definition) is 1. The lowest BCUT2D eigenvalue weighted by Gasteiger charge is -2.31. The second-order valence-corrected chi connectivity index (χ2v) is 8.62. The highest BCUT2D eigenvalue weighted by atomic mass is 35.5. The summed E-state index contributed by atoms with van der Waals surface area (Å²) in [5, 5.41) is 4.57. The van der Waals surface area contributed by atoms with E-state index in [1.165, 1.54) is 9.21 Å². The first-order valence-corrected chi connectivity index (χ1v) is 10.4. The van der Waals surface area contributed by atoms with Crippen LogP contribution in [0.5, 0.6) is 0 Å². The molecule has 1 aromatic heterocycles. The molecule has 7 nitrogen and oxygen atoms in total. The first-order valence-electron chi connectivity index (χ1n) is 8.14. The first-order chi connectivity index (χ1) is 11.9. The van der Waals surface area contributed by atoms with E-state index in [2.05, 4.69) is 5.10 Å². The number of sulfonamides is 1. The molecule has 0 atom stereocenters. The summed E-state index contributed by atoms with van der Waals surface area (Å²) >= 11 is 11.4. The van der Waals surface area contributed by atoms with E-state index < -0.39 is 10.0 Å². The maximum atomic E-state index is 12.8. The molecule has 2 heterocycles. The lowest BCUT2D eigenvalue weighted by molar-refractivity contribution is -0.926. The Morgan fingerprint density at radius 2 is 1.96 bits per heavy atom. The molecule has 1 saturated heterocycles. The van der Waals surface area contributed by atoms with Crippen LogP contribution in [0.3, 0.4) is 0 Å². The van der Waals surface area contributed by atoms with Gasteiger partial charge >= 0.3 is 0 Å². The van der Waals surface area contributed by atoms with Crippen LogP contribution < -0.4 is 4.90 Å². The van der Waals surface area contributed by atoms with Gasteiger partial charge in [0.2, 0.25) is 14.8 Å². The van der Waals surface area contributed by atoms with Crippen molar-refractivity contribution in [1.29, 1.82) is 0 Å². The number of hydrogen-bond acceptors (Lipinski definition) is 4. The summed E-state index contributed by atoms with van der Waals surface area (Å²) < 4.78 is 31.4. The second-order valence-electron chi connectivity index (χ2n) is 5.94. The lowest BCUT2D eigenvalue weighted by Crippen LogP contribution is -3.14. The lowest BCUT2D eigenvalue weighted by atomic mass is 10.4. The molecule has 0 radical (unpaired) electrons. The molecule has 0 amide bonds. The minimum atomic E-state index is -3.56.